The standard InChI is InChI=1S/C8H7NO5/c1-5(8(10)11)4-6-2-3-7(14-6)9(12)13/h2-4H,1H3,(H,10,11)/p-1/b5-4-. The highest BCUT2D eigenvalue weighted by molar-refractivity contribution is 5.89. The lowest BCUT2D eigenvalue weighted by Crippen LogP contribution is -2.22. The topological polar surface area (TPSA) is 96.4 Å². The van der Waals surface area contributed by atoms with Crippen molar-refractivity contribution in [3.63, 3.8) is 0 Å². The molecule has 1 aromatic rings. The van der Waals surface area contributed by atoms with Crippen LogP contribution in [-0.4, -0.2) is 10.9 Å². The first kappa shape index (κ1) is 9.97. The molecule has 0 N–H and O–H groups in total. The largest absolute Gasteiger partial charge is 0.545 e. The van der Waals surface area contributed by atoms with Crippen LogP contribution in [0.4, 0.5) is 5.88 Å². The van der Waals surface area contributed by atoms with Crippen LogP contribution in [-0.2, 0) is 4.79 Å². The van der Waals surface area contributed by atoms with Crippen molar-refractivity contribution in [2.45, 2.75) is 6.92 Å². The summed E-state index contributed by atoms with van der Waals surface area (Å²) in [4.78, 5) is 19.8. The molecule has 0 aromatic carbocycles. The lowest BCUT2D eigenvalue weighted by Gasteiger charge is -1.98. The summed E-state index contributed by atoms with van der Waals surface area (Å²) in [5.74, 6) is -1.66. The van der Waals surface area contributed by atoms with Gasteiger partial charge in [-0.3, -0.25) is 10.1 Å². The number of rotatable bonds is 3. The van der Waals surface area contributed by atoms with Gasteiger partial charge < -0.3 is 14.3 Å². The van der Waals surface area contributed by atoms with Crippen molar-refractivity contribution in [3.05, 3.63) is 33.6 Å². The normalized spacial score (nSPS) is 11.4. The lowest BCUT2D eigenvalue weighted by atomic mass is 10.2. The molecule has 0 saturated heterocycles. The average Bonchev–Trinajstić information content (AvgIpc) is 2.52. The molecule has 0 aliphatic heterocycles. The molecule has 0 amide bonds. The van der Waals surface area contributed by atoms with Crippen LogP contribution in [0.15, 0.2) is 22.1 Å². The first-order valence-corrected chi connectivity index (χ1v) is 3.64. The molecule has 0 bridgehead atoms. The first-order valence-electron chi connectivity index (χ1n) is 3.64. The van der Waals surface area contributed by atoms with Crippen molar-refractivity contribution in [1.82, 2.24) is 0 Å². The third-order valence-electron chi connectivity index (χ3n) is 1.47. The molecule has 74 valence electrons. The SMILES string of the molecule is C/C(=C/c1ccc([N+](=O)[O-])o1)C(=O)[O-]. The Labute approximate surface area is 78.6 Å². The van der Waals surface area contributed by atoms with E-state index in [0.29, 0.717) is 0 Å². The fourth-order valence-electron chi connectivity index (χ4n) is 0.790. The van der Waals surface area contributed by atoms with Gasteiger partial charge in [-0.05, 0) is 24.6 Å². The summed E-state index contributed by atoms with van der Waals surface area (Å²) in [6, 6.07) is 2.46. The number of aliphatic carboxylic acids is 1. The fraction of sp³-hybridized carbons (Fsp3) is 0.125. The van der Waals surface area contributed by atoms with Crippen LogP contribution in [0.3, 0.4) is 0 Å². The summed E-state index contributed by atoms with van der Waals surface area (Å²) in [6.07, 6.45) is 1.16. The molecule has 0 fully saturated rings. The van der Waals surface area contributed by atoms with Gasteiger partial charge in [0.15, 0.2) is 0 Å². The second-order valence-corrected chi connectivity index (χ2v) is 2.55. The van der Waals surface area contributed by atoms with Crippen molar-refractivity contribution in [3.8, 4) is 0 Å². The van der Waals surface area contributed by atoms with Gasteiger partial charge in [0.2, 0.25) is 0 Å². The maximum absolute atomic E-state index is 10.3. The summed E-state index contributed by atoms with van der Waals surface area (Å²) < 4.78 is 4.70. The summed E-state index contributed by atoms with van der Waals surface area (Å²) in [6.45, 7) is 1.31. The van der Waals surface area contributed by atoms with Gasteiger partial charge in [-0.15, -0.1) is 0 Å². The second kappa shape index (κ2) is 3.73. The Kier molecular flexibility index (Phi) is 2.66. The van der Waals surface area contributed by atoms with E-state index >= 15 is 0 Å². The van der Waals surface area contributed by atoms with E-state index in [0.717, 1.165) is 12.1 Å². The molecule has 0 aliphatic rings. The monoisotopic (exact) mass is 196 g/mol. The van der Waals surface area contributed by atoms with Crippen molar-refractivity contribution in [2.75, 3.05) is 0 Å². The molecule has 0 unspecified atom stereocenters. The Morgan fingerprint density at radius 1 is 1.57 bits per heavy atom. The maximum Gasteiger partial charge on any atom is 0.433 e. The van der Waals surface area contributed by atoms with Crippen LogP contribution in [0.2, 0.25) is 0 Å². The molecule has 6 nitrogen and oxygen atoms in total. The third kappa shape index (κ3) is 2.19. The van der Waals surface area contributed by atoms with E-state index in [1.54, 1.807) is 0 Å². The predicted molar refractivity (Wildman–Crippen MR) is 44.0 cm³/mol. The summed E-state index contributed by atoms with van der Waals surface area (Å²) in [7, 11) is 0. The molecule has 6 heteroatoms. The second-order valence-electron chi connectivity index (χ2n) is 2.55. The van der Waals surface area contributed by atoms with Gasteiger partial charge in [-0.1, -0.05) is 0 Å². The number of nitrogens with zero attached hydrogens (tertiary/aromatic N) is 1. The van der Waals surface area contributed by atoms with Crippen LogP contribution in [0.5, 0.6) is 0 Å². The number of carbonyl (C=O) groups is 1. The van der Waals surface area contributed by atoms with E-state index in [9.17, 15) is 20.0 Å². The van der Waals surface area contributed by atoms with E-state index in [2.05, 4.69) is 0 Å². The fourth-order valence-corrected chi connectivity index (χ4v) is 0.790. The van der Waals surface area contributed by atoms with Gasteiger partial charge in [-0.25, -0.2) is 0 Å². The van der Waals surface area contributed by atoms with Crippen molar-refractivity contribution in [2.24, 2.45) is 0 Å². The van der Waals surface area contributed by atoms with Crippen molar-refractivity contribution in [1.29, 1.82) is 0 Å². The minimum Gasteiger partial charge on any atom is -0.545 e. The molecule has 1 rings (SSSR count). The minimum absolute atomic E-state index is 0.0609. The van der Waals surface area contributed by atoms with Gasteiger partial charge in [0.1, 0.15) is 10.7 Å². The number of hydrogen-bond acceptors (Lipinski definition) is 5. The Hall–Kier alpha value is -2.11. The highest BCUT2D eigenvalue weighted by Crippen LogP contribution is 2.17. The molecule has 14 heavy (non-hydrogen) atoms. The van der Waals surface area contributed by atoms with Gasteiger partial charge in [0.25, 0.3) is 0 Å². The Balaban J connectivity index is 2.93. The quantitative estimate of drug-likeness (QED) is 0.394. The van der Waals surface area contributed by atoms with Crippen molar-refractivity contribution >= 4 is 17.9 Å². The van der Waals surface area contributed by atoms with Gasteiger partial charge in [-0.2, -0.15) is 0 Å². The summed E-state index contributed by atoms with van der Waals surface area (Å²) >= 11 is 0. The smallest absolute Gasteiger partial charge is 0.433 e. The Morgan fingerprint density at radius 2 is 2.21 bits per heavy atom. The van der Waals surface area contributed by atoms with Crippen LogP contribution in [0, 0.1) is 10.1 Å². The van der Waals surface area contributed by atoms with Gasteiger partial charge in [0, 0.05) is 0 Å². The molecular weight excluding hydrogens is 190 g/mol. The highest BCUT2D eigenvalue weighted by atomic mass is 16.6. The Bertz CT molecular complexity index is 404. The van der Waals surface area contributed by atoms with Crippen LogP contribution in [0.1, 0.15) is 12.7 Å². The van der Waals surface area contributed by atoms with E-state index in [-0.39, 0.29) is 11.3 Å². The van der Waals surface area contributed by atoms with Crippen LogP contribution >= 0.6 is 0 Å². The maximum atomic E-state index is 10.3. The first-order chi connectivity index (χ1) is 6.50. The van der Waals surface area contributed by atoms with E-state index in [4.69, 9.17) is 4.42 Å². The van der Waals surface area contributed by atoms with E-state index in [1.807, 2.05) is 0 Å². The zero-order valence-corrected chi connectivity index (χ0v) is 7.22. The number of carbonyl (C=O) groups excluding carboxylic acids is 1. The van der Waals surface area contributed by atoms with Crippen LogP contribution in [0.25, 0.3) is 6.08 Å². The summed E-state index contributed by atoms with van der Waals surface area (Å²) in [5, 5.41) is 20.5. The molecule has 1 heterocycles. The lowest BCUT2D eigenvalue weighted by molar-refractivity contribution is -0.402. The van der Waals surface area contributed by atoms with E-state index in [1.165, 1.54) is 13.0 Å². The predicted octanol–water partition coefficient (Wildman–Crippen LogP) is 0.341. The third-order valence-corrected chi connectivity index (χ3v) is 1.47. The molecular formula is C8H6NO5-. The van der Waals surface area contributed by atoms with Gasteiger partial charge in [0.05, 0.1) is 12.0 Å². The van der Waals surface area contributed by atoms with Crippen molar-refractivity contribution < 1.29 is 19.2 Å². The zero-order chi connectivity index (χ0) is 10.7. The highest BCUT2D eigenvalue weighted by Gasteiger charge is 2.10. The Morgan fingerprint density at radius 3 is 2.64 bits per heavy atom. The molecule has 0 atom stereocenters. The average molecular weight is 196 g/mol. The van der Waals surface area contributed by atoms with Crippen LogP contribution < -0.4 is 5.11 Å². The molecule has 0 aliphatic carbocycles. The summed E-state index contributed by atoms with van der Waals surface area (Å²) in [5.41, 5.74) is -0.0609. The number of hydrogen-bond donors (Lipinski definition) is 0. The zero-order valence-electron chi connectivity index (χ0n) is 7.22. The number of nitro groups is 1. The molecule has 0 radical (unpaired) electrons. The minimum atomic E-state index is -1.34. The number of carboxylic acid groups (broad SMARTS) is 1. The number of furan rings is 1. The molecule has 1 aromatic heterocycles. The molecule has 0 saturated carbocycles. The number of carboxylic acids is 1. The van der Waals surface area contributed by atoms with E-state index < -0.39 is 16.8 Å². The molecule has 0 spiro atoms. The van der Waals surface area contributed by atoms with Gasteiger partial charge >= 0.3 is 5.88 Å².